The molecule has 0 unspecified atom stereocenters. The Bertz CT molecular complexity index is 474. The molecule has 19 heavy (non-hydrogen) atoms. The van der Waals surface area contributed by atoms with Crippen LogP contribution in [0.3, 0.4) is 0 Å². The molecule has 1 aromatic rings. The molecule has 1 N–H and O–H groups in total. The first kappa shape index (κ1) is 15.6. The fourth-order valence-electron chi connectivity index (χ4n) is 1.37. The third-order valence-electron chi connectivity index (χ3n) is 2.68. The summed E-state index contributed by atoms with van der Waals surface area (Å²) >= 11 is 5.82. The van der Waals surface area contributed by atoms with Crippen molar-refractivity contribution in [3.63, 3.8) is 0 Å². The average Bonchev–Trinajstić information content (AvgIpc) is 2.29. The van der Waals surface area contributed by atoms with Crippen molar-refractivity contribution >= 4 is 23.3 Å². The normalized spacial score (nSPS) is 11.2. The van der Waals surface area contributed by atoms with E-state index < -0.39 is 17.1 Å². The number of amides is 1. The van der Waals surface area contributed by atoms with E-state index in [-0.39, 0.29) is 29.3 Å². The van der Waals surface area contributed by atoms with Gasteiger partial charge >= 0.3 is 0 Å². The van der Waals surface area contributed by atoms with Crippen LogP contribution in [0.5, 0.6) is 0 Å². The second-order valence-electron chi connectivity index (χ2n) is 5.33. The Balaban J connectivity index is 2.60. The summed E-state index contributed by atoms with van der Waals surface area (Å²) in [5.74, 6) is -1.03. The quantitative estimate of drug-likeness (QED) is 0.924. The molecule has 0 bridgehead atoms. The lowest BCUT2D eigenvalue weighted by molar-refractivity contribution is -0.128. The monoisotopic (exact) mass is 285 g/mol. The molecule has 0 fully saturated rings. The molecule has 0 saturated carbocycles. The first-order valence-corrected chi connectivity index (χ1v) is 6.32. The van der Waals surface area contributed by atoms with Crippen LogP contribution in [0.1, 0.15) is 26.3 Å². The van der Waals surface area contributed by atoms with Crippen LogP contribution in [0.15, 0.2) is 18.2 Å². The standard InChI is InChI=1S/C14H17ClFNO2/c1-14(2,3)12(18)8-17-13(19)7-9-10(15)5-4-6-11(9)16/h4-6H,7-8H2,1-3H3,(H,17,19). The highest BCUT2D eigenvalue weighted by molar-refractivity contribution is 6.31. The van der Waals surface area contributed by atoms with Crippen LogP contribution >= 0.6 is 11.6 Å². The molecule has 1 rings (SSSR count). The van der Waals surface area contributed by atoms with Gasteiger partial charge in [0, 0.05) is 16.0 Å². The zero-order chi connectivity index (χ0) is 14.6. The molecule has 5 heteroatoms. The number of hydrogen-bond acceptors (Lipinski definition) is 2. The van der Waals surface area contributed by atoms with E-state index in [0.29, 0.717) is 0 Å². The highest BCUT2D eigenvalue weighted by atomic mass is 35.5. The summed E-state index contributed by atoms with van der Waals surface area (Å²) in [5.41, 5.74) is -0.368. The number of rotatable bonds is 4. The second kappa shape index (κ2) is 6.15. The molecule has 0 radical (unpaired) electrons. The maximum atomic E-state index is 13.5. The third kappa shape index (κ3) is 4.63. The molecule has 1 amide bonds. The van der Waals surface area contributed by atoms with Crippen LogP contribution in [0, 0.1) is 11.2 Å². The van der Waals surface area contributed by atoms with Gasteiger partial charge in [-0.15, -0.1) is 0 Å². The number of nitrogens with one attached hydrogen (secondary N) is 1. The van der Waals surface area contributed by atoms with E-state index in [1.54, 1.807) is 20.8 Å². The summed E-state index contributed by atoms with van der Waals surface area (Å²) in [5, 5.41) is 2.68. The smallest absolute Gasteiger partial charge is 0.224 e. The number of carbonyl (C=O) groups is 2. The zero-order valence-electron chi connectivity index (χ0n) is 11.2. The van der Waals surface area contributed by atoms with Gasteiger partial charge in [0.25, 0.3) is 0 Å². The van der Waals surface area contributed by atoms with Crippen molar-refractivity contribution in [2.24, 2.45) is 5.41 Å². The van der Waals surface area contributed by atoms with Crippen LogP contribution < -0.4 is 5.32 Å². The van der Waals surface area contributed by atoms with E-state index in [1.807, 2.05) is 0 Å². The number of ketones is 1. The van der Waals surface area contributed by atoms with Gasteiger partial charge in [-0.3, -0.25) is 9.59 Å². The Morgan fingerprint density at radius 1 is 1.32 bits per heavy atom. The summed E-state index contributed by atoms with van der Waals surface area (Å²) in [6, 6.07) is 4.24. The zero-order valence-corrected chi connectivity index (χ0v) is 12.0. The molecular weight excluding hydrogens is 269 g/mol. The lowest BCUT2D eigenvalue weighted by Gasteiger charge is -2.16. The van der Waals surface area contributed by atoms with Crippen molar-refractivity contribution in [2.45, 2.75) is 27.2 Å². The Morgan fingerprint density at radius 2 is 1.95 bits per heavy atom. The van der Waals surface area contributed by atoms with Crippen molar-refractivity contribution in [3.8, 4) is 0 Å². The van der Waals surface area contributed by atoms with Crippen LogP contribution in [0.2, 0.25) is 5.02 Å². The summed E-state index contributed by atoms with van der Waals surface area (Å²) in [4.78, 5) is 23.3. The van der Waals surface area contributed by atoms with Crippen molar-refractivity contribution in [3.05, 3.63) is 34.6 Å². The summed E-state index contributed by atoms with van der Waals surface area (Å²) in [7, 11) is 0. The van der Waals surface area contributed by atoms with E-state index in [1.165, 1.54) is 18.2 Å². The summed E-state index contributed by atoms with van der Waals surface area (Å²) in [6.45, 7) is 5.26. The van der Waals surface area contributed by atoms with Gasteiger partial charge < -0.3 is 5.32 Å². The number of hydrogen-bond donors (Lipinski definition) is 1. The second-order valence-corrected chi connectivity index (χ2v) is 5.73. The molecule has 3 nitrogen and oxygen atoms in total. The SMILES string of the molecule is CC(C)(C)C(=O)CNC(=O)Cc1c(F)cccc1Cl. The van der Waals surface area contributed by atoms with Crippen molar-refractivity contribution in [1.29, 1.82) is 0 Å². The summed E-state index contributed by atoms with van der Waals surface area (Å²) < 4.78 is 13.5. The molecule has 0 aromatic heterocycles. The van der Waals surface area contributed by atoms with Crippen LogP contribution in [0.4, 0.5) is 4.39 Å². The minimum absolute atomic E-state index is 0.0611. The highest BCUT2D eigenvalue weighted by Crippen LogP contribution is 2.19. The fraction of sp³-hybridized carbons (Fsp3) is 0.429. The van der Waals surface area contributed by atoms with Gasteiger partial charge in [-0.1, -0.05) is 38.4 Å². The fourth-order valence-corrected chi connectivity index (χ4v) is 1.60. The Labute approximate surface area is 117 Å². The van der Waals surface area contributed by atoms with E-state index >= 15 is 0 Å². The van der Waals surface area contributed by atoms with Crippen molar-refractivity contribution < 1.29 is 14.0 Å². The maximum absolute atomic E-state index is 13.5. The molecule has 104 valence electrons. The molecule has 0 aliphatic heterocycles. The minimum atomic E-state index is -0.523. The number of Topliss-reactive ketones (excluding diaryl/α,β-unsaturated/α-hetero) is 1. The third-order valence-corrected chi connectivity index (χ3v) is 3.04. The van der Waals surface area contributed by atoms with Gasteiger partial charge in [0.05, 0.1) is 13.0 Å². The molecule has 1 aromatic carbocycles. The van der Waals surface area contributed by atoms with Crippen LogP contribution in [0.25, 0.3) is 0 Å². The van der Waals surface area contributed by atoms with Crippen LogP contribution in [-0.4, -0.2) is 18.2 Å². The number of carbonyl (C=O) groups excluding carboxylic acids is 2. The minimum Gasteiger partial charge on any atom is -0.349 e. The molecular formula is C14H17ClFNO2. The van der Waals surface area contributed by atoms with Gasteiger partial charge in [0.15, 0.2) is 5.78 Å². The summed E-state index contributed by atoms with van der Waals surface area (Å²) in [6.07, 6.45) is -0.178. The number of benzene rings is 1. The van der Waals surface area contributed by atoms with Crippen LogP contribution in [-0.2, 0) is 16.0 Å². The average molecular weight is 286 g/mol. The maximum Gasteiger partial charge on any atom is 0.224 e. The Morgan fingerprint density at radius 3 is 2.47 bits per heavy atom. The van der Waals surface area contributed by atoms with Gasteiger partial charge in [0.2, 0.25) is 5.91 Å². The first-order valence-electron chi connectivity index (χ1n) is 5.94. The Kier molecular flexibility index (Phi) is 5.06. The molecule has 0 aliphatic carbocycles. The molecule has 0 heterocycles. The van der Waals surface area contributed by atoms with E-state index in [0.717, 1.165) is 0 Å². The molecule has 0 spiro atoms. The lowest BCUT2D eigenvalue weighted by atomic mass is 9.91. The van der Waals surface area contributed by atoms with Gasteiger partial charge in [-0.05, 0) is 12.1 Å². The highest BCUT2D eigenvalue weighted by Gasteiger charge is 2.21. The number of halogens is 2. The van der Waals surface area contributed by atoms with Gasteiger partial charge in [-0.25, -0.2) is 4.39 Å². The molecule has 0 atom stereocenters. The van der Waals surface area contributed by atoms with Gasteiger partial charge in [-0.2, -0.15) is 0 Å². The molecule has 0 aliphatic rings. The van der Waals surface area contributed by atoms with Gasteiger partial charge in [0.1, 0.15) is 5.82 Å². The van der Waals surface area contributed by atoms with Crippen molar-refractivity contribution in [1.82, 2.24) is 5.32 Å². The van der Waals surface area contributed by atoms with E-state index in [2.05, 4.69) is 5.32 Å². The van der Waals surface area contributed by atoms with Crippen molar-refractivity contribution in [2.75, 3.05) is 6.54 Å². The Hall–Kier alpha value is -1.42. The predicted molar refractivity (Wildman–Crippen MR) is 72.6 cm³/mol. The predicted octanol–water partition coefficient (Wildman–Crippen LogP) is 2.75. The first-order chi connectivity index (χ1) is 8.71. The lowest BCUT2D eigenvalue weighted by Crippen LogP contribution is -2.36. The van der Waals surface area contributed by atoms with E-state index in [4.69, 9.17) is 11.6 Å². The largest absolute Gasteiger partial charge is 0.349 e. The topological polar surface area (TPSA) is 46.2 Å². The molecule has 0 saturated heterocycles. The van der Waals surface area contributed by atoms with E-state index in [9.17, 15) is 14.0 Å².